The minimum absolute atomic E-state index is 0.156. The minimum atomic E-state index is 0.156. The summed E-state index contributed by atoms with van der Waals surface area (Å²) in [5, 5.41) is 7.61. The van der Waals surface area contributed by atoms with Gasteiger partial charge in [0.1, 0.15) is 0 Å². The number of hydrogen-bond acceptors (Lipinski definition) is 3. The van der Waals surface area contributed by atoms with Crippen LogP contribution in [0.5, 0.6) is 0 Å². The van der Waals surface area contributed by atoms with Gasteiger partial charge in [-0.3, -0.25) is 9.59 Å². The first-order valence-electron chi connectivity index (χ1n) is 17.9. The topological polar surface area (TPSA) is 38.5 Å². The van der Waals surface area contributed by atoms with Crippen molar-refractivity contribution in [2.24, 2.45) is 11.8 Å². The van der Waals surface area contributed by atoms with Gasteiger partial charge in [0.25, 0.3) is 0 Å². The highest BCUT2D eigenvalue weighted by Gasteiger charge is 2.38. The lowest BCUT2D eigenvalue weighted by molar-refractivity contribution is 0.0891. The normalized spacial score (nSPS) is 23.7. The van der Waals surface area contributed by atoms with E-state index in [-0.39, 0.29) is 11.8 Å². The van der Waals surface area contributed by atoms with Crippen molar-refractivity contribution in [3.63, 3.8) is 0 Å². The molecule has 3 nitrogen and oxygen atoms in total. The molecule has 14 rings (SSSR count). The van der Waals surface area contributed by atoms with E-state index in [1.807, 2.05) is 11.3 Å². The number of thiophene rings is 1. The lowest BCUT2D eigenvalue weighted by Crippen LogP contribution is -2.15. The zero-order valence-electron chi connectivity index (χ0n) is 26.6. The lowest BCUT2D eigenvalue weighted by Gasteiger charge is -2.22. The summed E-state index contributed by atoms with van der Waals surface area (Å²) in [6.07, 6.45) is 8.47. The van der Waals surface area contributed by atoms with E-state index in [0.717, 1.165) is 73.5 Å². The second kappa shape index (κ2) is 9.12. The number of ketones is 2. The maximum atomic E-state index is 13.9. The predicted molar refractivity (Wildman–Crippen MR) is 197 cm³/mol. The molecule has 4 bridgehead atoms. The van der Waals surface area contributed by atoms with Crippen LogP contribution in [0.25, 0.3) is 69.4 Å². The van der Waals surface area contributed by atoms with Crippen molar-refractivity contribution in [3.05, 3.63) is 101 Å². The zero-order valence-corrected chi connectivity index (χ0v) is 27.5. The maximum Gasteiger partial charge on any atom is 0.166 e. The van der Waals surface area contributed by atoms with Crippen LogP contribution in [0.15, 0.2) is 78.9 Å². The Balaban J connectivity index is 1.24. The summed E-state index contributed by atoms with van der Waals surface area (Å²) in [4.78, 5) is 27.9. The Bertz CT molecular complexity index is 2620. The Kier molecular flexibility index (Phi) is 5.02. The van der Waals surface area contributed by atoms with E-state index in [4.69, 9.17) is 0 Å². The van der Waals surface area contributed by atoms with E-state index in [2.05, 4.69) is 83.3 Å². The number of benzene rings is 5. The second-order valence-corrected chi connectivity index (χ2v) is 16.3. The van der Waals surface area contributed by atoms with Crippen LogP contribution in [0.4, 0.5) is 0 Å². The van der Waals surface area contributed by atoms with Gasteiger partial charge < -0.3 is 4.40 Å². The summed E-state index contributed by atoms with van der Waals surface area (Å²) in [7, 11) is 0. The van der Waals surface area contributed by atoms with Crippen molar-refractivity contribution < 1.29 is 9.59 Å². The van der Waals surface area contributed by atoms with Crippen molar-refractivity contribution in [1.29, 1.82) is 0 Å². The van der Waals surface area contributed by atoms with E-state index in [9.17, 15) is 9.59 Å². The molecule has 2 fully saturated rings. The molecule has 0 spiro atoms. The third-order valence-corrected chi connectivity index (χ3v) is 14.3. The molecule has 0 unspecified atom stereocenters. The third-order valence-electron chi connectivity index (χ3n) is 13.1. The number of carbonyl (C=O) groups is 2. The van der Waals surface area contributed by atoms with Gasteiger partial charge in [-0.1, -0.05) is 36.4 Å². The van der Waals surface area contributed by atoms with Gasteiger partial charge >= 0.3 is 0 Å². The van der Waals surface area contributed by atoms with Crippen molar-refractivity contribution in [2.45, 2.75) is 63.2 Å². The van der Waals surface area contributed by atoms with Crippen molar-refractivity contribution in [1.82, 2.24) is 4.40 Å². The molecular weight excluding hydrogens is 607 g/mol. The molecule has 3 aromatic heterocycles. The Hall–Kier alpha value is -4.54. The van der Waals surface area contributed by atoms with Crippen LogP contribution in [0.2, 0.25) is 0 Å². The van der Waals surface area contributed by atoms with Gasteiger partial charge in [-0.25, -0.2) is 0 Å². The van der Waals surface area contributed by atoms with Gasteiger partial charge in [0.05, 0.1) is 16.6 Å². The summed E-state index contributed by atoms with van der Waals surface area (Å²) in [6, 6.07) is 29.6. The van der Waals surface area contributed by atoms with E-state index >= 15 is 0 Å². The molecule has 0 saturated heterocycles. The fraction of sp³-hybridized carbons (Fsp3) is 0.273. The third kappa shape index (κ3) is 3.25. The largest absolute Gasteiger partial charge is 0.308 e. The number of carbonyl (C=O) groups excluding carboxylic acids is 2. The monoisotopic (exact) mass is 639 g/mol. The van der Waals surface area contributed by atoms with Crippen LogP contribution in [-0.2, 0) is 0 Å². The molecule has 0 radical (unpaired) electrons. The SMILES string of the molecule is O=C1c2cc3c(cc2C2CCC1CC2)c1cc(-c2cccc4c2sc2ccccc24)cc2c4cc5c(cc4n3c12)C(=O)C1CCC5CC1. The van der Waals surface area contributed by atoms with Crippen LogP contribution >= 0.6 is 11.3 Å². The summed E-state index contributed by atoms with van der Waals surface area (Å²) < 4.78 is 5.06. The highest BCUT2D eigenvalue weighted by molar-refractivity contribution is 7.26. The van der Waals surface area contributed by atoms with Crippen LogP contribution in [0.3, 0.4) is 0 Å². The first-order chi connectivity index (χ1) is 23.6. The van der Waals surface area contributed by atoms with Crippen LogP contribution in [-0.4, -0.2) is 16.0 Å². The molecule has 4 heteroatoms. The van der Waals surface area contributed by atoms with Gasteiger partial charge in [-0.15, -0.1) is 11.3 Å². The van der Waals surface area contributed by atoms with Gasteiger partial charge in [-0.05, 0) is 128 Å². The average Bonchev–Trinajstić information content (AvgIpc) is 3.67. The average molecular weight is 640 g/mol. The van der Waals surface area contributed by atoms with Crippen molar-refractivity contribution in [2.75, 3.05) is 0 Å². The molecule has 2 saturated carbocycles. The Morgan fingerprint density at radius 2 is 1.04 bits per heavy atom. The molecule has 48 heavy (non-hydrogen) atoms. The molecule has 0 N–H and O–H groups in total. The molecule has 3 heterocycles. The number of aromatic nitrogens is 1. The fourth-order valence-corrected chi connectivity index (χ4v) is 11.9. The number of hydrogen-bond donors (Lipinski definition) is 0. The van der Waals surface area contributed by atoms with Crippen LogP contribution in [0, 0.1) is 11.8 Å². The van der Waals surface area contributed by atoms with E-state index in [1.165, 1.54) is 69.5 Å². The Labute approximate surface area is 281 Å². The lowest BCUT2D eigenvalue weighted by atomic mass is 9.82. The molecule has 232 valence electrons. The molecule has 0 amide bonds. The molecule has 8 aromatic rings. The first-order valence-corrected chi connectivity index (χ1v) is 18.8. The number of rotatable bonds is 1. The standard InChI is InChI=1S/C44H33NO2S/c46-42-24-12-8-22(9-13-24)30-18-32-34-16-26(27-5-3-6-29-28-4-1-2-7-40(28)48-44(27)29)17-35-33-19-31-23-10-14-25(15-11-23)43(47)37(31)21-39(33)45(41(34)35)38(32)20-36(30)42/h1-7,16-25H,8-15H2. The van der Waals surface area contributed by atoms with Gasteiger partial charge in [0, 0.05) is 64.7 Å². The van der Waals surface area contributed by atoms with Crippen molar-refractivity contribution in [3.8, 4) is 11.1 Å². The number of fused-ring (bicyclic) bond motifs is 13. The summed E-state index contributed by atoms with van der Waals surface area (Å²) in [5.41, 5.74) is 10.4. The predicted octanol–water partition coefficient (Wildman–Crippen LogP) is 11.8. The molecule has 5 aromatic carbocycles. The second-order valence-electron chi connectivity index (χ2n) is 15.3. The smallest absolute Gasteiger partial charge is 0.166 e. The molecule has 0 atom stereocenters. The number of Topliss-reactive ketones (excluding diaryl/α,β-unsaturated/α-hetero) is 2. The summed E-state index contributed by atoms with van der Waals surface area (Å²) >= 11 is 1.88. The fourth-order valence-electron chi connectivity index (χ4n) is 10.7. The molecule has 0 aliphatic heterocycles. The zero-order chi connectivity index (χ0) is 31.4. The highest BCUT2D eigenvalue weighted by atomic mass is 32.1. The highest BCUT2D eigenvalue weighted by Crippen LogP contribution is 2.51. The van der Waals surface area contributed by atoms with E-state index in [1.54, 1.807) is 0 Å². The first kappa shape index (κ1) is 26.4. The number of nitrogens with zero attached hydrogens (tertiary/aromatic N) is 1. The Morgan fingerprint density at radius 3 is 1.65 bits per heavy atom. The van der Waals surface area contributed by atoms with Gasteiger partial charge in [0.2, 0.25) is 0 Å². The quantitative estimate of drug-likeness (QED) is 0.179. The summed E-state index contributed by atoms with van der Waals surface area (Å²) in [6.45, 7) is 0. The Morgan fingerprint density at radius 1 is 0.500 bits per heavy atom. The van der Waals surface area contributed by atoms with E-state index < -0.39 is 0 Å². The van der Waals surface area contributed by atoms with Gasteiger partial charge in [0.15, 0.2) is 11.6 Å². The van der Waals surface area contributed by atoms with Crippen LogP contribution in [0.1, 0.15) is 95.0 Å². The van der Waals surface area contributed by atoms with Crippen LogP contribution < -0.4 is 0 Å². The summed E-state index contributed by atoms with van der Waals surface area (Å²) in [5.74, 6) is 1.91. The maximum absolute atomic E-state index is 13.9. The molecule has 6 aliphatic rings. The molecule has 6 aliphatic carbocycles. The molecular formula is C44H33NO2S. The van der Waals surface area contributed by atoms with Gasteiger partial charge in [-0.2, -0.15) is 0 Å². The minimum Gasteiger partial charge on any atom is -0.308 e. The van der Waals surface area contributed by atoms with E-state index in [0.29, 0.717) is 23.4 Å². The van der Waals surface area contributed by atoms with Crippen molar-refractivity contribution >= 4 is 81.2 Å².